The number of hydrogen-bond acceptors (Lipinski definition) is 5. The van der Waals surface area contributed by atoms with E-state index in [4.69, 9.17) is 4.74 Å². The maximum Gasteiger partial charge on any atom is 0.267 e. The van der Waals surface area contributed by atoms with Crippen LogP contribution in [0.15, 0.2) is 41.8 Å². The van der Waals surface area contributed by atoms with Crippen LogP contribution in [0, 0.1) is 13.8 Å². The van der Waals surface area contributed by atoms with Gasteiger partial charge in [-0.1, -0.05) is 30.4 Å². The monoisotopic (exact) mass is 384 g/mol. The molecule has 2 heterocycles. The Morgan fingerprint density at radius 1 is 1.31 bits per heavy atom. The molecule has 3 rings (SSSR count). The van der Waals surface area contributed by atoms with Gasteiger partial charge in [-0.15, -0.1) is 22.7 Å². The summed E-state index contributed by atoms with van der Waals surface area (Å²) in [6.45, 7) is 6.34. The van der Waals surface area contributed by atoms with E-state index in [0.717, 1.165) is 27.4 Å². The summed E-state index contributed by atoms with van der Waals surface area (Å²) in [5.74, 6) is 0.695. The number of para-hydroxylation sites is 1. The Kier molecular flexibility index (Phi) is 5.85. The minimum atomic E-state index is -0.135. The van der Waals surface area contributed by atoms with Gasteiger partial charge >= 0.3 is 0 Å². The van der Waals surface area contributed by atoms with Crippen molar-refractivity contribution in [1.29, 1.82) is 0 Å². The number of allylic oxidation sites excluding steroid dienone is 1. The zero-order valence-corrected chi connectivity index (χ0v) is 16.5. The standard InChI is InChI=1S/C20H20N2O2S2/c1-4-7-16-8-5-6-9-17(16)24-11-15-10-18(25-12-15)19(23)22-20-21-13(2)14(3)26-20/h4-10,12H,11H2,1-3H3,(H,21,22,23)/b7-4+. The van der Waals surface area contributed by atoms with Gasteiger partial charge in [-0.2, -0.15) is 0 Å². The first-order chi connectivity index (χ1) is 12.6. The number of nitrogens with zero attached hydrogens (tertiary/aromatic N) is 1. The first-order valence-electron chi connectivity index (χ1n) is 8.24. The van der Waals surface area contributed by atoms with Gasteiger partial charge in [0.2, 0.25) is 0 Å². The molecule has 0 unspecified atom stereocenters. The molecular weight excluding hydrogens is 364 g/mol. The lowest BCUT2D eigenvalue weighted by atomic mass is 10.2. The molecule has 0 fully saturated rings. The summed E-state index contributed by atoms with van der Waals surface area (Å²) in [6, 6.07) is 9.76. The maximum atomic E-state index is 12.4. The average Bonchev–Trinajstić information content (AvgIpc) is 3.21. The highest BCUT2D eigenvalue weighted by atomic mass is 32.1. The molecule has 2 aromatic heterocycles. The number of aromatic nitrogens is 1. The Morgan fingerprint density at radius 2 is 2.12 bits per heavy atom. The van der Waals surface area contributed by atoms with Crippen LogP contribution in [0.4, 0.5) is 5.13 Å². The average molecular weight is 385 g/mol. The van der Waals surface area contributed by atoms with E-state index in [0.29, 0.717) is 16.6 Å². The largest absolute Gasteiger partial charge is 0.488 e. The number of hydrogen-bond donors (Lipinski definition) is 1. The van der Waals surface area contributed by atoms with Crippen molar-refractivity contribution < 1.29 is 9.53 Å². The molecule has 4 nitrogen and oxygen atoms in total. The van der Waals surface area contributed by atoms with Crippen molar-refractivity contribution in [3.8, 4) is 5.75 Å². The number of rotatable bonds is 6. The van der Waals surface area contributed by atoms with Gasteiger partial charge in [-0.25, -0.2) is 4.98 Å². The first-order valence-corrected chi connectivity index (χ1v) is 9.93. The van der Waals surface area contributed by atoms with Crippen LogP contribution in [0.5, 0.6) is 5.75 Å². The van der Waals surface area contributed by atoms with Crippen molar-refractivity contribution in [3.05, 3.63) is 68.4 Å². The molecule has 26 heavy (non-hydrogen) atoms. The number of thiazole rings is 1. The Labute approximate surface area is 161 Å². The Balaban J connectivity index is 1.63. The first kappa shape index (κ1) is 18.4. The van der Waals surface area contributed by atoms with E-state index in [2.05, 4.69) is 10.3 Å². The maximum absolute atomic E-state index is 12.4. The van der Waals surface area contributed by atoms with Gasteiger partial charge in [0.25, 0.3) is 5.91 Å². The smallest absolute Gasteiger partial charge is 0.267 e. The molecule has 0 radical (unpaired) electrons. The second-order valence-electron chi connectivity index (χ2n) is 5.76. The van der Waals surface area contributed by atoms with Gasteiger partial charge in [0.05, 0.1) is 10.6 Å². The highest BCUT2D eigenvalue weighted by Gasteiger charge is 2.13. The third-order valence-electron chi connectivity index (χ3n) is 3.79. The van der Waals surface area contributed by atoms with Crippen molar-refractivity contribution in [3.63, 3.8) is 0 Å². The van der Waals surface area contributed by atoms with Gasteiger partial charge < -0.3 is 4.74 Å². The quantitative estimate of drug-likeness (QED) is 0.594. The summed E-state index contributed by atoms with van der Waals surface area (Å²) in [5, 5.41) is 5.45. The molecule has 0 saturated carbocycles. The van der Waals surface area contributed by atoms with Crippen LogP contribution in [0.3, 0.4) is 0 Å². The highest BCUT2D eigenvalue weighted by molar-refractivity contribution is 7.16. The van der Waals surface area contributed by atoms with Crippen molar-refractivity contribution in [1.82, 2.24) is 4.98 Å². The van der Waals surface area contributed by atoms with E-state index in [9.17, 15) is 4.79 Å². The normalized spacial score (nSPS) is 11.0. The molecule has 0 aliphatic rings. The number of amides is 1. The molecule has 0 aliphatic heterocycles. The number of anilines is 1. The number of benzene rings is 1. The number of aryl methyl sites for hydroxylation is 2. The summed E-state index contributed by atoms with van der Waals surface area (Å²) in [5.41, 5.74) is 2.96. The summed E-state index contributed by atoms with van der Waals surface area (Å²) in [4.78, 5) is 18.5. The number of carbonyl (C=O) groups is 1. The van der Waals surface area contributed by atoms with Gasteiger partial charge in [-0.05, 0) is 38.3 Å². The van der Waals surface area contributed by atoms with Crippen LogP contribution in [0.25, 0.3) is 6.08 Å². The van der Waals surface area contributed by atoms with Crippen LogP contribution in [-0.4, -0.2) is 10.9 Å². The van der Waals surface area contributed by atoms with Crippen LogP contribution in [0.2, 0.25) is 0 Å². The molecule has 134 valence electrons. The minimum Gasteiger partial charge on any atom is -0.488 e. The van der Waals surface area contributed by atoms with Crippen molar-refractivity contribution >= 4 is 39.8 Å². The van der Waals surface area contributed by atoms with Gasteiger partial charge in [-0.3, -0.25) is 10.1 Å². The van der Waals surface area contributed by atoms with E-state index in [1.54, 1.807) is 0 Å². The summed E-state index contributed by atoms with van der Waals surface area (Å²) >= 11 is 2.90. The molecular formula is C20H20N2O2S2. The molecule has 1 N–H and O–H groups in total. The fourth-order valence-electron chi connectivity index (χ4n) is 2.35. The molecule has 1 amide bonds. The lowest BCUT2D eigenvalue weighted by molar-refractivity contribution is 0.103. The van der Waals surface area contributed by atoms with Crippen LogP contribution in [0.1, 0.15) is 38.3 Å². The zero-order chi connectivity index (χ0) is 18.5. The third-order valence-corrected chi connectivity index (χ3v) is 5.75. The van der Waals surface area contributed by atoms with Crippen LogP contribution < -0.4 is 10.1 Å². The van der Waals surface area contributed by atoms with Crippen molar-refractivity contribution in [2.45, 2.75) is 27.4 Å². The van der Waals surface area contributed by atoms with Crippen LogP contribution in [-0.2, 0) is 6.61 Å². The molecule has 3 aromatic rings. The van der Waals surface area contributed by atoms with E-state index in [-0.39, 0.29) is 5.91 Å². The number of thiophene rings is 1. The third kappa shape index (κ3) is 4.39. The van der Waals surface area contributed by atoms with Crippen molar-refractivity contribution in [2.24, 2.45) is 0 Å². The molecule has 0 atom stereocenters. The molecule has 0 bridgehead atoms. The lowest BCUT2D eigenvalue weighted by Gasteiger charge is -2.08. The van der Waals surface area contributed by atoms with E-state index < -0.39 is 0 Å². The van der Waals surface area contributed by atoms with E-state index >= 15 is 0 Å². The fraction of sp³-hybridized carbons (Fsp3) is 0.200. The molecule has 0 saturated heterocycles. The zero-order valence-electron chi connectivity index (χ0n) is 14.9. The van der Waals surface area contributed by atoms with Gasteiger partial charge in [0.15, 0.2) is 5.13 Å². The SMILES string of the molecule is C/C=C/c1ccccc1OCc1csc(C(=O)Nc2nc(C)c(C)s2)c1. The molecule has 0 aliphatic carbocycles. The Morgan fingerprint density at radius 3 is 2.85 bits per heavy atom. The highest BCUT2D eigenvalue weighted by Crippen LogP contribution is 2.24. The molecule has 6 heteroatoms. The Hall–Kier alpha value is -2.44. The predicted octanol–water partition coefficient (Wildman–Crippen LogP) is 5.69. The fourth-order valence-corrected chi connectivity index (χ4v) is 3.95. The lowest BCUT2D eigenvalue weighted by Crippen LogP contribution is -2.09. The minimum absolute atomic E-state index is 0.135. The van der Waals surface area contributed by atoms with Gasteiger partial charge in [0.1, 0.15) is 12.4 Å². The number of nitrogens with one attached hydrogen (secondary N) is 1. The number of carbonyl (C=O) groups excluding carboxylic acids is 1. The van der Waals surface area contributed by atoms with E-state index in [1.807, 2.05) is 68.6 Å². The predicted molar refractivity (Wildman–Crippen MR) is 109 cm³/mol. The second-order valence-corrected chi connectivity index (χ2v) is 7.87. The molecule has 0 spiro atoms. The van der Waals surface area contributed by atoms with E-state index in [1.165, 1.54) is 22.7 Å². The summed E-state index contributed by atoms with van der Waals surface area (Å²) in [6.07, 6.45) is 4.00. The number of ether oxygens (including phenoxy) is 1. The van der Waals surface area contributed by atoms with Crippen molar-refractivity contribution in [2.75, 3.05) is 5.32 Å². The Bertz CT molecular complexity index is 921. The summed E-state index contributed by atoms with van der Waals surface area (Å²) < 4.78 is 5.92. The summed E-state index contributed by atoms with van der Waals surface area (Å²) in [7, 11) is 0. The topological polar surface area (TPSA) is 51.2 Å². The molecule has 1 aromatic carbocycles. The second kappa shape index (κ2) is 8.29. The van der Waals surface area contributed by atoms with Gasteiger partial charge in [0, 0.05) is 16.0 Å². The van der Waals surface area contributed by atoms with Crippen LogP contribution >= 0.6 is 22.7 Å².